The summed E-state index contributed by atoms with van der Waals surface area (Å²) in [5, 5.41) is 0. The van der Waals surface area contributed by atoms with Gasteiger partial charge in [-0.1, -0.05) is 0 Å². The molecule has 0 heterocycles. The van der Waals surface area contributed by atoms with Gasteiger partial charge in [0.15, 0.2) is 11.6 Å². The van der Waals surface area contributed by atoms with Gasteiger partial charge in [0.05, 0.1) is 5.60 Å². The van der Waals surface area contributed by atoms with Crippen LogP contribution >= 0.6 is 0 Å². The number of ether oxygens (including phenoxy) is 1. The Balaban J connectivity index is 2.49. The fourth-order valence-electron chi connectivity index (χ4n) is 1.57. The zero-order valence-corrected chi connectivity index (χ0v) is 7.61. The van der Waals surface area contributed by atoms with E-state index in [1.165, 1.54) is 7.11 Å². The molecule has 0 atom stereocenters. The van der Waals surface area contributed by atoms with Crippen LogP contribution in [-0.4, -0.2) is 7.11 Å². The Bertz CT molecular complexity index is 372. The zero-order chi connectivity index (χ0) is 10.3. The van der Waals surface area contributed by atoms with E-state index < -0.39 is 23.1 Å². The summed E-state index contributed by atoms with van der Waals surface area (Å²) in [4.78, 5) is 0. The Hall–Kier alpha value is -1.03. The van der Waals surface area contributed by atoms with Crippen molar-refractivity contribution in [2.75, 3.05) is 7.11 Å². The molecule has 0 saturated heterocycles. The summed E-state index contributed by atoms with van der Waals surface area (Å²) in [6.45, 7) is 0. The minimum atomic E-state index is -1.17. The summed E-state index contributed by atoms with van der Waals surface area (Å²) < 4.78 is 43.8. The molecule has 14 heavy (non-hydrogen) atoms. The number of hydrogen-bond donors (Lipinski definition) is 0. The molecule has 76 valence electrons. The van der Waals surface area contributed by atoms with Crippen molar-refractivity contribution in [3.05, 3.63) is 35.1 Å². The molecule has 1 aliphatic rings. The fraction of sp³-hybridized carbons (Fsp3) is 0.400. The van der Waals surface area contributed by atoms with Crippen LogP contribution in [0.3, 0.4) is 0 Å². The van der Waals surface area contributed by atoms with Gasteiger partial charge in [0.2, 0.25) is 0 Å². The van der Waals surface area contributed by atoms with E-state index in [4.69, 9.17) is 4.74 Å². The van der Waals surface area contributed by atoms with Crippen LogP contribution in [-0.2, 0) is 10.3 Å². The Kier molecular flexibility index (Phi) is 2.03. The highest BCUT2D eigenvalue weighted by atomic mass is 19.2. The van der Waals surface area contributed by atoms with E-state index in [2.05, 4.69) is 0 Å². The van der Waals surface area contributed by atoms with Crippen molar-refractivity contribution in [2.45, 2.75) is 18.4 Å². The second kappa shape index (κ2) is 2.98. The maximum atomic E-state index is 13.3. The lowest BCUT2D eigenvalue weighted by Gasteiger charge is -2.14. The monoisotopic (exact) mass is 202 g/mol. The third-order valence-electron chi connectivity index (χ3n) is 2.60. The van der Waals surface area contributed by atoms with Crippen molar-refractivity contribution in [2.24, 2.45) is 0 Å². The van der Waals surface area contributed by atoms with E-state index in [0.717, 1.165) is 6.07 Å². The summed E-state index contributed by atoms with van der Waals surface area (Å²) in [6, 6.07) is 1.44. The predicted octanol–water partition coefficient (Wildman–Crippen LogP) is 2.74. The van der Waals surface area contributed by atoms with Gasteiger partial charge in [-0.05, 0) is 18.9 Å². The van der Waals surface area contributed by atoms with Crippen LogP contribution < -0.4 is 0 Å². The van der Waals surface area contributed by atoms with E-state index in [1.54, 1.807) is 0 Å². The van der Waals surface area contributed by atoms with E-state index in [0.29, 0.717) is 18.9 Å². The Morgan fingerprint density at radius 1 is 1.07 bits per heavy atom. The normalized spacial score (nSPS) is 18.3. The van der Waals surface area contributed by atoms with Crippen molar-refractivity contribution in [1.29, 1.82) is 0 Å². The molecule has 0 spiro atoms. The van der Waals surface area contributed by atoms with Crippen molar-refractivity contribution >= 4 is 0 Å². The third kappa shape index (κ3) is 1.30. The topological polar surface area (TPSA) is 9.23 Å². The fourth-order valence-corrected chi connectivity index (χ4v) is 1.57. The van der Waals surface area contributed by atoms with Crippen molar-refractivity contribution < 1.29 is 17.9 Å². The summed E-state index contributed by atoms with van der Waals surface area (Å²) in [7, 11) is 1.44. The third-order valence-corrected chi connectivity index (χ3v) is 2.60. The smallest absolute Gasteiger partial charge is 0.161 e. The highest BCUT2D eigenvalue weighted by molar-refractivity contribution is 5.30. The van der Waals surface area contributed by atoms with Crippen LogP contribution in [0.25, 0.3) is 0 Å². The molecule has 4 heteroatoms. The maximum Gasteiger partial charge on any atom is 0.161 e. The second-order valence-electron chi connectivity index (χ2n) is 3.44. The number of halogens is 3. The van der Waals surface area contributed by atoms with Gasteiger partial charge in [-0.15, -0.1) is 0 Å². The van der Waals surface area contributed by atoms with Gasteiger partial charge in [0, 0.05) is 18.7 Å². The molecule has 0 aliphatic heterocycles. The largest absolute Gasteiger partial charge is 0.373 e. The average Bonchev–Trinajstić information content (AvgIpc) is 2.92. The van der Waals surface area contributed by atoms with Gasteiger partial charge in [0.25, 0.3) is 0 Å². The Morgan fingerprint density at radius 3 is 2.14 bits per heavy atom. The summed E-state index contributed by atoms with van der Waals surface area (Å²) in [5.41, 5.74) is -0.613. The van der Waals surface area contributed by atoms with E-state index in [9.17, 15) is 13.2 Å². The molecule has 1 aromatic rings. The lowest BCUT2D eigenvalue weighted by Crippen LogP contribution is -2.12. The molecule has 0 amide bonds. The van der Waals surface area contributed by atoms with E-state index in [1.807, 2.05) is 0 Å². The molecule has 1 saturated carbocycles. The molecular formula is C10H9F3O. The molecule has 0 bridgehead atoms. The molecule has 1 nitrogen and oxygen atoms in total. The highest BCUT2D eigenvalue weighted by Crippen LogP contribution is 2.49. The Morgan fingerprint density at radius 2 is 1.64 bits per heavy atom. The van der Waals surface area contributed by atoms with Crippen molar-refractivity contribution in [3.63, 3.8) is 0 Å². The number of rotatable bonds is 2. The SMILES string of the molecule is COC1(c2cc(F)c(F)cc2F)CC1. The van der Waals surface area contributed by atoms with Gasteiger partial charge in [0.1, 0.15) is 5.82 Å². The first kappa shape index (κ1) is 9.52. The lowest BCUT2D eigenvalue weighted by molar-refractivity contribution is 0.0752. The van der Waals surface area contributed by atoms with Gasteiger partial charge in [-0.3, -0.25) is 0 Å². The predicted molar refractivity (Wildman–Crippen MR) is 44.2 cm³/mol. The minimum absolute atomic E-state index is 0.110. The first-order valence-electron chi connectivity index (χ1n) is 4.29. The van der Waals surface area contributed by atoms with Gasteiger partial charge in [-0.2, -0.15) is 0 Å². The first-order valence-corrected chi connectivity index (χ1v) is 4.29. The first-order chi connectivity index (χ1) is 6.59. The molecule has 0 radical (unpaired) electrons. The Labute approximate surface area is 79.5 Å². The van der Waals surface area contributed by atoms with E-state index in [-0.39, 0.29) is 5.56 Å². The molecule has 1 fully saturated rings. The second-order valence-corrected chi connectivity index (χ2v) is 3.44. The molecule has 1 aliphatic carbocycles. The van der Waals surface area contributed by atoms with Crippen LogP contribution in [0, 0.1) is 17.5 Å². The van der Waals surface area contributed by atoms with Crippen molar-refractivity contribution in [1.82, 2.24) is 0 Å². The molecule has 0 N–H and O–H groups in total. The van der Waals surface area contributed by atoms with Crippen LogP contribution in [0.1, 0.15) is 18.4 Å². The zero-order valence-electron chi connectivity index (χ0n) is 7.61. The van der Waals surface area contributed by atoms with Crippen LogP contribution in [0.2, 0.25) is 0 Å². The van der Waals surface area contributed by atoms with Crippen LogP contribution in [0.5, 0.6) is 0 Å². The van der Waals surface area contributed by atoms with Gasteiger partial charge in [-0.25, -0.2) is 13.2 Å². The van der Waals surface area contributed by atoms with E-state index >= 15 is 0 Å². The van der Waals surface area contributed by atoms with Crippen LogP contribution in [0.4, 0.5) is 13.2 Å². The molecule has 0 unspecified atom stereocenters. The maximum absolute atomic E-state index is 13.3. The number of methoxy groups -OCH3 is 1. The quantitative estimate of drug-likeness (QED) is 0.670. The molecular weight excluding hydrogens is 193 g/mol. The van der Waals surface area contributed by atoms with Gasteiger partial charge < -0.3 is 4.74 Å². The average molecular weight is 202 g/mol. The summed E-state index contributed by atoms with van der Waals surface area (Å²) in [6.07, 6.45) is 1.29. The lowest BCUT2D eigenvalue weighted by atomic mass is 10.1. The number of benzene rings is 1. The summed E-state index contributed by atoms with van der Waals surface area (Å²) >= 11 is 0. The highest BCUT2D eigenvalue weighted by Gasteiger charge is 2.47. The van der Waals surface area contributed by atoms with Crippen LogP contribution in [0.15, 0.2) is 12.1 Å². The molecule has 2 rings (SSSR count). The standard InChI is InChI=1S/C10H9F3O/c1-14-10(2-3-10)6-4-8(12)9(13)5-7(6)11/h4-5H,2-3H2,1H3. The molecule has 1 aromatic carbocycles. The van der Waals surface area contributed by atoms with Crippen molar-refractivity contribution in [3.8, 4) is 0 Å². The minimum Gasteiger partial charge on any atom is -0.373 e. The molecule has 0 aromatic heterocycles. The van der Waals surface area contributed by atoms with Gasteiger partial charge >= 0.3 is 0 Å². The number of hydrogen-bond acceptors (Lipinski definition) is 1. The summed E-state index contributed by atoms with van der Waals surface area (Å²) in [5.74, 6) is -2.95.